The predicted octanol–water partition coefficient (Wildman–Crippen LogP) is 3.96. The Morgan fingerprint density at radius 2 is 1.93 bits per heavy atom. The van der Waals surface area contributed by atoms with Gasteiger partial charge >= 0.3 is 6.03 Å². The van der Waals surface area contributed by atoms with E-state index >= 15 is 0 Å². The molecule has 3 N–H and O–H groups in total. The highest BCUT2D eigenvalue weighted by Crippen LogP contribution is 2.41. The molecule has 2 aromatic rings. The van der Waals surface area contributed by atoms with Gasteiger partial charge in [-0.25, -0.2) is 18.0 Å². The molecule has 0 saturated heterocycles. The second-order valence-electron chi connectivity index (χ2n) is 7.93. The van der Waals surface area contributed by atoms with Crippen molar-refractivity contribution in [2.75, 3.05) is 11.9 Å². The molecule has 1 aliphatic rings. The standard InChI is InChI=1S/C20H22F3N3O3/c1-10-6-11-14(7-20(2,3)8-15(11)29-10)26-19(28)24-9-16(27)25-13-5-4-12(21)17(22)18(13)23/h4-6,14H,7-9H2,1-3H3,(H,25,27)(H2,24,26,28). The van der Waals surface area contributed by atoms with Crippen molar-refractivity contribution in [3.05, 3.63) is 52.7 Å². The molecular formula is C20H22F3N3O3. The number of benzene rings is 1. The first-order valence-corrected chi connectivity index (χ1v) is 9.12. The van der Waals surface area contributed by atoms with Gasteiger partial charge in [0.05, 0.1) is 18.3 Å². The van der Waals surface area contributed by atoms with E-state index in [1.165, 1.54) is 0 Å². The molecule has 3 amide bonds. The van der Waals surface area contributed by atoms with Crippen LogP contribution in [0.3, 0.4) is 0 Å². The molecule has 3 rings (SSSR count). The van der Waals surface area contributed by atoms with Crippen LogP contribution < -0.4 is 16.0 Å². The molecule has 156 valence electrons. The average Bonchev–Trinajstić information content (AvgIpc) is 2.99. The number of urea groups is 1. The molecule has 1 aromatic carbocycles. The highest BCUT2D eigenvalue weighted by Gasteiger charge is 2.35. The average molecular weight is 409 g/mol. The largest absolute Gasteiger partial charge is 0.466 e. The number of nitrogens with one attached hydrogen (secondary N) is 3. The molecule has 29 heavy (non-hydrogen) atoms. The van der Waals surface area contributed by atoms with Crippen LogP contribution in [0.1, 0.15) is 43.4 Å². The maximum absolute atomic E-state index is 13.6. The first-order valence-electron chi connectivity index (χ1n) is 9.12. The van der Waals surface area contributed by atoms with Crippen LogP contribution in [0, 0.1) is 29.8 Å². The summed E-state index contributed by atoms with van der Waals surface area (Å²) in [6.07, 6.45) is 1.46. The zero-order valence-corrected chi connectivity index (χ0v) is 16.3. The van der Waals surface area contributed by atoms with Crippen LogP contribution >= 0.6 is 0 Å². The van der Waals surface area contributed by atoms with Crippen molar-refractivity contribution in [1.82, 2.24) is 10.6 Å². The van der Waals surface area contributed by atoms with Crippen molar-refractivity contribution in [1.29, 1.82) is 0 Å². The van der Waals surface area contributed by atoms with E-state index in [2.05, 4.69) is 29.8 Å². The molecule has 1 aliphatic carbocycles. The number of hydrogen-bond donors (Lipinski definition) is 3. The number of halogens is 3. The van der Waals surface area contributed by atoms with Crippen molar-refractivity contribution in [3.8, 4) is 0 Å². The number of furan rings is 1. The molecule has 0 bridgehead atoms. The van der Waals surface area contributed by atoms with Gasteiger partial charge in [-0.15, -0.1) is 0 Å². The van der Waals surface area contributed by atoms with E-state index in [4.69, 9.17) is 4.42 Å². The maximum atomic E-state index is 13.6. The number of rotatable bonds is 4. The summed E-state index contributed by atoms with van der Waals surface area (Å²) in [4.78, 5) is 24.2. The van der Waals surface area contributed by atoms with Gasteiger partial charge in [0, 0.05) is 12.0 Å². The minimum absolute atomic E-state index is 0.0726. The van der Waals surface area contributed by atoms with E-state index in [-0.39, 0.29) is 11.5 Å². The number of carbonyl (C=O) groups excluding carboxylic acids is 2. The van der Waals surface area contributed by atoms with Crippen LogP contribution in [0.15, 0.2) is 22.6 Å². The monoisotopic (exact) mass is 409 g/mol. The van der Waals surface area contributed by atoms with Gasteiger partial charge in [-0.1, -0.05) is 13.8 Å². The van der Waals surface area contributed by atoms with E-state index in [1.807, 2.05) is 13.0 Å². The van der Waals surface area contributed by atoms with E-state index < -0.39 is 41.6 Å². The maximum Gasteiger partial charge on any atom is 0.315 e. The molecular weight excluding hydrogens is 387 g/mol. The van der Waals surface area contributed by atoms with Gasteiger partial charge in [0.25, 0.3) is 0 Å². The van der Waals surface area contributed by atoms with Crippen LogP contribution in [-0.4, -0.2) is 18.5 Å². The first-order chi connectivity index (χ1) is 13.6. The summed E-state index contributed by atoms with van der Waals surface area (Å²) in [5.41, 5.74) is 0.325. The zero-order chi connectivity index (χ0) is 21.3. The lowest BCUT2D eigenvalue weighted by molar-refractivity contribution is -0.115. The van der Waals surface area contributed by atoms with Gasteiger partial charge in [0.1, 0.15) is 11.5 Å². The third-order valence-corrected chi connectivity index (χ3v) is 4.76. The van der Waals surface area contributed by atoms with Crippen LogP contribution in [0.2, 0.25) is 0 Å². The van der Waals surface area contributed by atoms with E-state index in [1.54, 1.807) is 0 Å². The summed E-state index contributed by atoms with van der Waals surface area (Å²) in [6, 6.07) is 2.62. The van der Waals surface area contributed by atoms with Gasteiger partial charge in [0.2, 0.25) is 5.91 Å². The summed E-state index contributed by atoms with van der Waals surface area (Å²) < 4.78 is 45.5. The highest BCUT2D eigenvalue weighted by atomic mass is 19.2. The number of aryl methyl sites for hydroxylation is 1. The lowest BCUT2D eigenvalue weighted by Crippen LogP contribution is -2.43. The van der Waals surface area contributed by atoms with Crippen LogP contribution in [0.4, 0.5) is 23.7 Å². The minimum atomic E-state index is -1.68. The molecule has 1 heterocycles. The van der Waals surface area contributed by atoms with Gasteiger partial charge in [0.15, 0.2) is 17.5 Å². The van der Waals surface area contributed by atoms with Gasteiger partial charge in [-0.3, -0.25) is 4.79 Å². The number of amides is 3. The summed E-state index contributed by atoms with van der Waals surface area (Å²) in [7, 11) is 0. The number of anilines is 1. The Morgan fingerprint density at radius 1 is 1.21 bits per heavy atom. The van der Waals surface area contributed by atoms with Crippen LogP contribution in [0.5, 0.6) is 0 Å². The first kappa shape index (κ1) is 20.8. The summed E-state index contributed by atoms with van der Waals surface area (Å²) in [5.74, 6) is -3.74. The Bertz CT molecular complexity index is 956. The number of fused-ring (bicyclic) bond motifs is 1. The third kappa shape index (κ3) is 4.72. The minimum Gasteiger partial charge on any atom is -0.466 e. The fourth-order valence-corrected chi connectivity index (χ4v) is 3.50. The van der Waals surface area contributed by atoms with Crippen molar-refractivity contribution in [2.24, 2.45) is 5.41 Å². The smallest absolute Gasteiger partial charge is 0.315 e. The van der Waals surface area contributed by atoms with Crippen molar-refractivity contribution >= 4 is 17.6 Å². The summed E-state index contributed by atoms with van der Waals surface area (Å²) in [5, 5.41) is 7.29. The normalized spacial score (nSPS) is 17.4. The van der Waals surface area contributed by atoms with E-state index in [9.17, 15) is 22.8 Å². The molecule has 0 radical (unpaired) electrons. The van der Waals surface area contributed by atoms with Crippen LogP contribution in [0.25, 0.3) is 0 Å². The van der Waals surface area contributed by atoms with Crippen molar-refractivity contribution in [2.45, 2.75) is 39.7 Å². The molecule has 6 nitrogen and oxygen atoms in total. The fourth-order valence-electron chi connectivity index (χ4n) is 3.50. The molecule has 1 aromatic heterocycles. The third-order valence-electron chi connectivity index (χ3n) is 4.76. The lowest BCUT2D eigenvalue weighted by Gasteiger charge is -2.34. The quantitative estimate of drug-likeness (QED) is 0.669. The number of hydrogen-bond acceptors (Lipinski definition) is 3. The number of carbonyl (C=O) groups is 2. The van der Waals surface area contributed by atoms with Crippen LogP contribution in [-0.2, 0) is 11.2 Å². The predicted molar refractivity (Wildman–Crippen MR) is 99.8 cm³/mol. The lowest BCUT2D eigenvalue weighted by atomic mass is 9.75. The Morgan fingerprint density at radius 3 is 2.66 bits per heavy atom. The molecule has 9 heteroatoms. The molecule has 1 atom stereocenters. The second-order valence-corrected chi connectivity index (χ2v) is 7.93. The van der Waals surface area contributed by atoms with Gasteiger partial charge in [-0.2, -0.15) is 0 Å². The Kier molecular flexibility index (Phi) is 5.59. The van der Waals surface area contributed by atoms with E-state index in [0.717, 1.165) is 29.6 Å². The summed E-state index contributed by atoms with van der Waals surface area (Å²) in [6.45, 7) is 5.51. The van der Waals surface area contributed by atoms with Gasteiger partial charge < -0.3 is 20.4 Å². The molecule has 0 fully saturated rings. The summed E-state index contributed by atoms with van der Waals surface area (Å²) >= 11 is 0. The zero-order valence-electron chi connectivity index (χ0n) is 16.3. The molecule has 0 spiro atoms. The Labute approximate surface area is 165 Å². The van der Waals surface area contributed by atoms with Crippen molar-refractivity contribution < 1.29 is 27.2 Å². The molecule has 1 unspecified atom stereocenters. The molecule has 0 saturated carbocycles. The van der Waals surface area contributed by atoms with Gasteiger partial charge in [-0.05, 0) is 37.0 Å². The fraction of sp³-hybridized carbons (Fsp3) is 0.400. The highest BCUT2D eigenvalue weighted by molar-refractivity contribution is 5.94. The van der Waals surface area contributed by atoms with E-state index in [0.29, 0.717) is 12.5 Å². The second kappa shape index (κ2) is 7.81. The Hall–Kier alpha value is -2.97. The molecule has 0 aliphatic heterocycles. The SMILES string of the molecule is Cc1cc2c(o1)CC(C)(C)CC2NC(=O)NCC(=O)Nc1ccc(F)c(F)c1F. The Balaban J connectivity index is 1.57. The topological polar surface area (TPSA) is 83.4 Å². The van der Waals surface area contributed by atoms with Crippen molar-refractivity contribution in [3.63, 3.8) is 0 Å².